The monoisotopic (exact) mass is 360 g/mol. The molecule has 5 atom stereocenters. The van der Waals surface area contributed by atoms with Gasteiger partial charge in [0.1, 0.15) is 18.3 Å². The van der Waals surface area contributed by atoms with Gasteiger partial charge in [-0.15, -0.1) is 0 Å². The molecule has 1 fully saturated rings. The van der Waals surface area contributed by atoms with Gasteiger partial charge in [0.25, 0.3) is 5.91 Å². The smallest absolute Gasteiger partial charge is 0.288 e. The van der Waals surface area contributed by atoms with Crippen LogP contribution in [0.25, 0.3) is 0 Å². The Labute approximate surface area is 144 Å². The van der Waals surface area contributed by atoms with Gasteiger partial charge >= 0.3 is 0 Å². The Balaban J connectivity index is 2.22. The fourth-order valence-electron chi connectivity index (χ4n) is 2.77. The summed E-state index contributed by atoms with van der Waals surface area (Å²) in [4.78, 5) is 25.3. The van der Waals surface area contributed by atoms with Crippen LogP contribution < -0.4 is 5.32 Å². The number of hydrogen-bond donors (Lipinski definition) is 5. The Hall–Kier alpha value is -1.72. The SMILES string of the molecule is CC(=O)N[C@H]1[C@H]([C@H](O)[C@H](O)CO)OC(C(=O)N2CCOCC2)=C[C@@H]1O. The number of hydrogen-bond acceptors (Lipinski definition) is 8. The van der Waals surface area contributed by atoms with Crippen LogP contribution in [0.3, 0.4) is 0 Å². The number of rotatable bonds is 5. The summed E-state index contributed by atoms with van der Waals surface area (Å²) >= 11 is 0. The second-order valence-electron chi connectivity index (χ2n) is 5.98. The average Bonchev–Trinajstić information content (AvgIpc) is 2.61. The number of nitrogens with one attached hydrogen (secondary N) is 1. The van der Waals surface area contributed by atoms with Gasteiger partial charge in [0.05, 0.1) is 25.9 Å². The summed E-state index contributed by atoms with van der Waals surface area (Å²) < 4.78 is 10.7. The lowest BCUT2D eigenvalue weighted by Gasteiger charge is -2.39. The molecule has 0 spiro atoms. The summed E-state index contributed by atoms with van der Waals surface area (Å²) in [5.74, 6) is -1.16. The molecule has 0 aromatic carbocycles. The maximum absolute atomic E-state index is 12.5. The maximum atomic E-state index is 12.5. The third-order valence-electron chi connectivity index (χ3n) is 4.10. The predicted octanol–water partition coefficient (Wildman–Crippen LogP) is -3.29. The van der Waals surface area contributed by atoms with Crippen molar-refractivity contribution in [2.45, 2.75) is 37.4 Å². The second-order valence-corrected chi connectivity index (χ2v) is 5.98. The molecule has 10 nitrogen and oxygen atoms in total. The van der Waals surface area contributed by atoms with Gasteiger partial charge in [0.15, 0.2) is 11.9 Å². The molecule has 1 saturated heterocycles. The van der Waals surface area contributed by atoms with E-state index >= 15 is 0 Å². The average molecular weight is 360 g/mol. The summed E-state index contributed by atoms with van der Waals surface area (Å²) in [6, 6.07) is -1.09. The Kier molecular flexibility index (Phi) is 6.73. The zero-order chi connectivity index (χ0) is 18.6. The first-order chi connectivity index (χ1) is 11.8. The van der Waals surface area contributed by atoms with Crippen molar-refractivity contribution in [1.29, 1.82) is 0 Å². The lowest BCUT2D eigenvalue weighted by Crippen LogP contribution is -2.60. The molecule has 5 N–H and O–H groups in total. The van der Waals surface area contributed by atoms with Crippen LogP contribution >= 0.6 is 0 Å². The second kappa shape index (κ2) is 8.59. The van der Waals surface area contributed by atoms with Gasteiger partial charge in [-0.2, -0.15) is 0 Å². The highest BCUT2D eigenvalue weighted by molar-refractivity contribution is 5.92. The topological polar surface area (TPSA) is 149 Å². The molecular weight excluding hydrogens is 336 g/mol. The number of aliphatic hydroxyl groups excluding tert-OH is 4. The van der Waals surface area contributed by atoms with Crippen LogP contribution in [0.1, 0.15) is 6.92 Å². The first kappa shape index (κ1) is 19.6. The largest absolute Gasteiger partial charge is 0.480 e. The van der Waals surface area contributed by atoms with Gasteiger partial charge in [-0.05, 0) is 6.08 Å². The number of carbonyl (C=O) groups excluding carboxylic acids is 2. The first-order valence-corrected chi connectivity index (χ1v) is 8.02. The van der Waals surface area contributed by atoms with Crippen LogP contribution in [0.5, 0.6) is 0 Å². The number of carbonyl (C=O) groups is 2. The van der Waals surface area contributed by atoms with Gasteiger partial charge in [-0.3, -0.25) is 9.59 Å². The molecule has 25 heavy (non-hydrogen) atoms. The Morgan fingerprint density at radius 1 is 1.36 bits per heavy atom. The molecule has 0 aromatic rings. The molecule has 2 heterocycles. The van der Waals surface area contributed by atoms with E-state index < -0.39 is 48.9 Å². The fraction of sp³-hybridized carbons (Fsp3) is 0.733. The van der Waals surface area contributed by atoms with E-state index in [0.717, 1.165) is 6.08 Å². The Morgan fingerprint density at radius 2 is 2.00 bits per heavy atom. The number of amides is 2. The molecule has 10 heteroatoms. The first-order valence-electron chi connectivity index (χ1n) is 8.02. The number of aliphatic hydroxyl groups is 4. The van der Waals surface area contributed by atoms with Crippen molar-refractivity contribution in [2.75, 3.05) is 32.9 Å². The summed E-state index contributed by atoms with van der Waals surface area (Å²) in [6.07, 6.45) is -4.66. The Morgan fingerprint density at radius 3 is 2.56 bits per heavy atom. The van der Waals surface area contributed by atoms with Crippen molar-refractivity contribution < 1.29 is 39.5 Å². The third-order valence-corrected chi connectivity index (χ3v) is 4.10. The Bertz CT molecular complexity index is 520. The highest BCUT2D eigenvalue weighted by Crippen LogP contribution is 2.24. The van der Waals surface area contributed by atoms with Gasteiger partial charge in [0, 0.05) is 20.0 Å². The van der Waals surface area contributed by atoms with Crippen LogP contribution in [0.15, 0.2) is 11.8 Å². The molecule has 2 aliphatic heterocycles. The van der Waals surface area contributed by atoms with Crippen LogP contribution in [-0.4, -0.2) is 101 Å². The lowest BCUT2D eigenvalue weighted by atomic mass is 9.93. The van der Waals surface area contributed by atoms with E-state index in [1.165, 1.54) is 11.8 Å². The molecule has 0 aliphatic carbocycles. The molecule has 0 aromatic heterocycles. The molecule has 0 unspecified atom stereocenters. The van der Waals surface area contributed by atoms with Crippen molar-refractivity contribution in [3.8, 4) is 0 Å². The molecule has 2 rings (SSSR count). The molecule has 0 radical (unpaired) electrons. The predicted molar refractivity (Wildman–Crippen MR) is 83.1 cm³/mol. The quantitative estimate of drug-likeness (QED) is 0.342. The van der Waals surface area contributed by atoms with Gasteiger partial charge in [-0.1, -0.05) is 0 Å². The molecule has 0 saturated carbocycles. The van der Waals surface area contributed by atoms with Crippen molar-refractivity contribution in [3.05, 3.63) is 11.8 Å². The summed E-state index contributed by atoms with van der Waals surface area (Å²) in [5.41, 5.74) is 0. The molecular formula is C15H24N2O8. The maximum Gasteiger partial charge on any atom is 0.288 e. The highest BCUT2D eigenvalue weighted by Gasteiger charge is 2.43. The van der Waals surface area contributed by atoms with E-state index in [2.05, 4.69) is 5.32 Å². The van der Waals surface area contributed by atoms with Crippen molar-refractivity contribution >= 4 is 11.8 Å². The van der Waals surface area contributed by atoms with Gasteiger partial charge in [-0.25, -0.2) is 0 Å². The normalized spacial score (nSPS) is 29.2. The number of ether oxygens (including phenoxy) is 2. The molecule has 142 valence electrons. The van der Waals surface area contributed by atoms with Crippen LogP contribution in [0.2, 0.25) is 0 Å². The van der Waals surface area contributed by atoms with E-state index in [1.54, 1.807) is 0 Å². The van der Waals surface area contributed by atoms with Crippen LogP contribution in [0.4, 0.5) is 0 Å². The van der Waals surface area contributed by atoms with Gasteiger partial charge in [0.2, 0.25) is 5.91 Å². The summed E-state index contributed by atoms with van der Waals surface area (Å²) in [5, 5.41) is 41.6. The van der Waals surface area contributed by atoms with E-state index in [9.17, 15) is 24.9 Å². The van der Waals surface area contributed by atoms with Crippen molar-refractivity contribution in [1.82, 2.24) is 10.2 Å². The van der Waals surface area contributed by atoms with E-state index in [1.807, 2.05) is 0 Å². The summed E-state index contributed by atoms with van der Waals surface area (Å²) in [7, 11) is 0. The third kappa shape index (κ3) is 4.67. The minimum absolute atomic E-state index is 0.190. The standard InChI is InChI=1S/C15H24N2O8/c1-8(19)16-12-9(20)6-11(15(23)17-2-4-24-5-3-17)25-14(12)13(22)10(21)7-18/h6,9-10,12-14,18,20-22H,2-5,7H2,1H3,(H,16,19)/t9-,10+,12+,13+,14+/m0/s1. The van der Waals surface area contributed by atoms with Gasteiger partial charge < -0.3 is 40.1 Å². The fourth-order valence-corrected chi connectivity index (χ4v) is 2.77. The molecule has 0 bridgehead atoms. The number of morpholine rings is 1. The van der Waals surface area contributed by atoms with Crippen molar-refractivity contribution in [2.24, 2.45) is 0 Å². The minimum Gasteiger partial charge on any atom is -0.480 e. The molecule has 2 amide bonds. The van der Waals surface area contributed by atoms with E-state index in [-0.39, 0.29) is 5.76 Å². The zero-order valence-corrected chi connectivity index (χ0v) is 13.9. The van der Waals surface area contributed by atoms with E-state index in [4.69, 9.17) is 14.6 Å². The van der Waals surface area contributed by atoms with Crippen LogP contribution in [-0.2, 0) is 19.1 Å². The minimum atomic E-state index is -1.63. The summed E-state index contributed by atoms with van der Waals surface area (Å²) in [6.45, 7) is 1.95. The van der Waals surface area contributed by atoms with E-state index in [0.29, 0.717) is 26.3 Å². The van der Waals surface area contributed by atoms with Crippen molar-refractivity contribution in [3.63, 3.8) is 0 Å². The number of nitrogens with zero attached hydrogens (tertiary/aromatic N) is 1. The lowest BCUT2D eigenvalue weighted by molar-refractivity contribution is -0.148. The zero-order valence-electron chi connectivity index (χ0n) is 13.9. The molecule has 2 aliphatic rings. The highest BCUT2D eigenvalue weighted by atomic mass is 16.5. The van der Waals surface area contributed by atoms with Crippen LogP contribution in [0, 0.1) is 0 Å².